The molecule has 2 aromatic rings. The Morgan fingerprint density at radius 2 is 2.19 bits per heavy atom. The molecule has 1 amide bonds. The Labute approximate surface area is 157 Å². The molecule has 8 heteroatoms. The van der Waals surface area contributed by atoms with E-state index in [2.05, 4.69) is 28.2 Å². The first kappa shape index (κ1) is 17.6. The molecule has 2 fully saturated rings. The second kappa shape index (κ2) is 7.85. The molecule has 7 nitrogen and oxygen atoms in total. The van der Waals surface area contributed by atoms with Crippen LogP contribution in [0.1, 0.15) is 28.7 Å². The first-order valence-corrected chi connectivity index (χ1v) is 10.2. The molecule has 26 heavy (non-hydrogen) atoms. The van der Waals surface area contributed by atoms with Crippen molar-refractivity contribution >= 4 is 17.2 Å². The summed E-state index contributed by atoms with van der Waals surface area (Å²) in [5.74, 6) is 0.509. The minimum atomic E-state index is -0.00311. The van der Waals surface area contributed by atoms with E-state index in [1.807, 2.05) is 16.3 Å². The van der Waals surface area contributed by atoms with E-state index >= 15 is 0 Å². The Bertz CT molecular complexity index is 726. The summed E-state index contributed by atoms with van der Waals surface area (Å²) in [5.41, 5.74) is 0.444. The van der Waals surface area contributed by atoms with Crippen LogP contribution in [-0.2, 0) is 11.3 Å². The molecule has 0 bridgehead atoms. The van der Waals surface area contributed by atoms with Gasteiger partial charge in [0.25, 0.3) is 5.91 Å². The third-order valence-corrected chi connectivity index (χ3v) is 6.25. The van der Waals surface area contributed by atoms with E-state index in [-0.39, 0.29) is 5.91 Å². The lowest BCUT2D eigenvalue weighted by Gasteiger charge is -2.34. The lowest BCUT2D eigenvalue weighted by Crippen LogP contribution is -2.47. The number of hydrogen-bond donors (Lipinski definition) is 0. The molecule has 2 saturated heterocycles. The van der Waals surface area contributed by atoms with Crippen LogP contribution in [-0.4, -0.2) is 76.1 Å². The fourth-order valence-electron chi connectivity index (χ4n) is 3.94. The van der Waals surface area contributed by atoms with Crippen molar-refractivity contribution < 1.29 is 9.53 Å². The SMILES string of the molecule is CCC1CN(C(=O)c2cn(Cc3cccs3)nn2)CC1N1CCOCC1. The van der Waals surface area contributed by atoms with Crippen molar-refractivity contribution in [3.8, 4) is 0 Å². The lowest BCUT2D eigenvalue weighted by atomic mass is 9.99. The van der Waals surface area contributed by atoms with Gasteiger partial charge in [-0.05, 0) is 17.4 Å². The number of ether oxygens (including phenoxy) is 1. The van der Waals surface area contributed by atoms with Crippen LogP contribution in [0.4, 0.5) is 0 Å². The van der Waals surface area contributed by atoms with Gasteiger partial charge in [0.15, 0.2) is 5.69 Å². The Balaban J connectivity index is 1.42. The minimum Gasteiger partial charge on any atom is -0.379 e. The highest BCUT2D eigenvalue weighted by molar-refractivity contribution is 7.09. The van der Waals surface area contributed by atoms with Gasteiger partial charge in [-0.3, -0.25) is 9.69 Å². The number of carbonyl (C=O) groups is 1. The summed E-state index contributed by atoms with van der Waals surface area (Å²) in [6.45, 7) is 7.94. The van der Waals surface area contributed by atoms with E-state index in [1.54, 1.807) is 22.2 Å². The second-order valence-electron chi connectivity index (χ2n) is 6.97. The van der Waals surface area contributed by atoms with E-state index in [0.29, 0.717) is 24.2 Å². The molecule has 2 aliphatic rings. The number of hydrogen-bond acceptors (Lipinski definition) is 6. The van der Waals surface area contributed by atoms with Crippen molar-refractivity contribution in [2.24, 2.45) is 5.92 Å². The summed E-state index contributed by atoms with van der Waals surface area (Å²) < 4.78 is 7.22. The Kier molecular flexibility index (Phi) is 5.33. The van der Waals surface area contributed by atoms with Crippen LogP contribution in [0.3, 0.4) is 0 Å². The number of thiophene rings is 1. The molecule has 140 valence electrons. The van der Waals surface area contributed by atoms with E-state index < -0.39 is 0 Å². The summed E-state index contributed by atoms with van der Waals surface area (Å²) in [5, 5.41) is 10.3. The Morgan fingerprint density at radius 1 is 1.35 bits per heavy atom. The van der Waals surface area contributed by atoms with E-state index in [9.17, 15) is 4.79 Å². The topological polar surface area (TPSA) is 63.5 Å². The van der Waals surface area contributed by atoms with Gasteiger partial charge in [0.2, 0.25) is 0 Å². The summed E-state index contributed by atoms with van der Waals surface area (Å²) in [4.78, 5) is 18.6. The van der Waals surface area contributed by atoms with Crippen LogP contribution in [0.15, 0.2) is 23.7 Å². The van der Waals surface area contributed by atoms with Gasteiger partial charge in [0, 0.05) is 37.1 Å². The van der Waals surface area contributed by atoms with Gasteiger partial charge in [-0.2, -0.15) is 0 Å². The Morgan fingerprint density at radius 3 is 2.92 bits per heavy atom. The van der Waals surface area contributed by atoms with Gasteiger partial charge in [0.1, 0.15) is 0 Å². The smallest absolute Gasteiger partial charge is 0.276 e. The van der Waals surface area contributed by atoms with E-state index in [1.165, 1.54) is 4.88 Å². The van der Waals surface area contributed by atoms with Gasteiger partial charge >= 0.3 is 0 Å². The number of morpholine rings is 1. The van der Waals surface area contributed by atoms with Gasteiger partial charge < -0.3 is 9.64 Å². The molecule has 0 aliphatic carbocycles. The van der Waals surface area contributed by atoms with E-state index in [0.717, 1.165) is 45.8 Å². The third kappa shape index (κ3) is 3.67. The molecular weight excluding hydrogens is 350 g/mol. The standard InChI is InChI=1S/C18H25N5O2S/c1-2-14-10-22(13-17(14)21-5-7-25-8-6-21)18(24)16-12-23(20-19-16)11-15-4-3-9-26-15/h3-4,9,12,14,17H,2,5-8,10-11,13H2,1H3. The highest BCUT2D eigenvalue weighted by Crippen LogP contribution is 2.26. The monoisotopic (exact) mass is 375 g/mol. The van der Waals surface area contributed by atoms with Crippen molar-refractivity contribution in [2.75, 3.05) is 39.4 Å². The van der Waals surface area contributed by atoms with Crippen molar-refractivity contribution in [1.82, 2.24) is 24.8 Å². The Hall–Kier alpha value is -1.77. The number of rotatable bonds is 5. The van der Waals surface area contributed by atoms with Crippen molar-refractivity contribution in [2.45, 2.75) is 25.9 Å². The zero-order valence-corrected chi connectivity index (χ0v) is 15.9. The first-order valence-electron chi connectivity index (χ1n) is 9.28. The maximum absolute atomic E-state index is 12.9. The lowest BCUT2D eigenvalue weighted by molar-refractivity contribution is 0.0102. The highest BCUT2D eigenvalue weighted by atomic mass is 32.1. The second-order valence-corrected chi connectivity index (χ2v) is 8.01. The number of aromatic nitrogens is 3. The van der Waals surface area contributed by atoms with Gasteiger partial charge in [-0.15, -0.1) is 16.4 Å². The van der Waals surface area contributed by atoms with Gasteiger partial charge in [-0.25, -0.2) is 4.68 Å². The van der Waals surface area contributed by atoms with Crippen molar-refractivity contribution in [3.63, 3.8) is 0 Å². The number of likely N-dealkylation sites (tertiary alicyclic amines) is 1. The van der Waals surface area contributed by atoms with Crippen molar-refractivity contribution in [1.29, 1.82) is 0 Å². The largest absolute Gasteiger partial charge is 0.379 e. The van der Waals surface area contributed by atoms with Gasteiger partial charge in [-0.1, -0.05) is 24.6 Å². The molecule has 0 aromatic carbocycles. The highest BCUT2D eigenvalue weighted by Gasteiger charge is 2.38. The predicted octanol–water partition coefficient (Wildman–Crippen LogP) is 1.57. The molecule has 0 spiro atoms. The average Bonchev–Trinajstić information content (AvgIpc) is 3.43. The summed E-state index contributed by atoms with van der Waals surface area (Å²) in [6.07, 6.45) is 2.85. The van der Waals surface area contributed by atoms with E-state index in [4.69, 9.17) is 4.74 Å². The van der Waals surface area contributed by atoms with Crippen LogP contribution >= 0.6 is 11.3 Å². The fraction of sp³-hybridized carbons (Fsp3) is 0.611. The molecule has 2 aliphatic heterocycles. The zero-order valence-electron chi connectivity index (χ0n) is 15.1. The fourth-order valence-corrected chi connectivity index (χ4v) is 4.64. The molecular formula is C18H25N5O2S. The molecule has 2 unspecified atom stereocenters. The maximum Gasteiger partial charge on any atom is 0.276 e. The zero-order chi connectivity index (χ0) is 17.9. The van der Waals surface area contributed by atoms with Crippen molar-refractivity contribution in [3.05, 3.63) is 34.3 Å². The van der Waals surface area contributed by atoms with Crippen LogP contribution < -0.4 is 0 Å². The molecule has 4 rings (SSSR count). The third-order valence-electron chi connectivity index (χ3n) is 5.39. The summed E-state index contributed by atoms with van der Waals surface area (Å²) in [7, 11) is 0. The van der Waals surface area contributed by atoms with Crippen LogP contribution in [0.2, 0.25) is 0 Å². The molecule has 4 heterocycles. The summed E-state index contributed by atoms with van der Waals surface area (Å²) >= 11 is 1.68. The predicted molar refractivity (Wildman–Crippen MR) is 99.3 cm³/mol. The normalized spacial score (nSPS) is 24.3. The molecule has 0 N–H and O–H groups in total. The number of carbonyl (C=O) groups excluding carboxylic acids is 1. The van der Waals surface area contributed by atoms with Crippen LogP contribution in [0, 0.1) is 5.92 Å². The molecule has 2 atom stereocenters. The van der Waals surface area contributed by atoms with Crippen LogP contribution in [0.5, 0.6) is 0 Å². The number of nitrogens with zero attached hydrogens (tertiary/aromatic N) is 5. The van der Waals surface area contributed by atoms with Crippen LogP contribution in [0.25, 0.3) is 0 Å². The maximum atomic E-state index is 12.9. The molecule has 0 radical (unpaired) electrons. The van der Waals surface area contributed by atoms with Gasteiger partial charge in [0.05, 0.1) is 26.0 Å². The summed E-state index contributed by atoms with van der Waals surface area (Å²) in [6, 6.07) is 4.51. The minimum absolute atomic E-state index is 0.00311. The number of amides is 1. The molecule has 0 saturated carbocycles. The quantitative estimate of drug-likeness (QED) is 0.794. The average molecular weight is 375 g/mol. The molecule has 2 aromatic heterocycles. The first-order chi connectivity index (χ1) is 12.7.